The molecule has 3 N–H and O–H groups in total. The van der Waals surface area contributed by atoms with Crippen molar-refractivity contribution in [3.63, 3.8) is 0 Å². The third-order valence-electron chi connectivity index (χ3n) is 4.63. The maximum Gasteiger partial charge on any atom is 0.257 e. The van der Waals surface area contributed by atoms with Crippen LogP contribution >= 0.6 is 23.6 Å². The number of thiazole rings is 1. The molecule has 0 spiro atoms. The number of carbonyl (C=O) groups is 1. The summed E-state index contributed by atoms with van der Waals surface area (Å²) in [5.41, 5.74) is 4.66. The molecule has 0 aliphatic rings. The molecule has 150 valence electrons. The fourth-order valence-electron chi connectivity index (χ4n) is 3.18. The number of aryl methyl sites for hydroxylation is 2. The van der Waals surface area contributed by atoms with E-state index in [0.29, 0.717) is 16.8 Å². The summed E-state index contributed by atoms with van der Waals surface area (Å²) in [7, 11) is 0. The molecule has 0 saturated carbocycles. The topological polar surface area (TPSA) is 74.2 Å². The van der Waals surface area contributed by atoms with Crippen LogP contribution in [0.3, 0.4) is 0 Å². The largest absolute Gasteiger partial charge is 0.507 e. The van der Waals surface area contributed by atoms with E-state index in [2.05, 4.69) is 15.6 Å². The van der Waals surface area contributed by atoms with Crippen LogP contribution in [0.15, 0.2) is 60.7 Å². The maximum absolute atomic E-state index is 12.5. The number of phenols is 1. The van der Waals surface area contributed by atoms with E-state index >= 15 is 0 Å². The number of anilines is 1. The second-order valence-electron chi connectivity index (χ2n) is 6.95. The number of aromatic nitrogens is 1. The molecule has 0 aliphatic carbocycles. The SMILES string of the molecule is Cc1ccc(C(=O)NC(=S)Nc2ccc(-c3nc4ccccc4s3)c(O)c2)c(C)c1. The molecule has 0 fully saturated rings. The van der Waals surface area contributed by atoms with Crippen molar-refractivity contribution >= 4 is 50.5 Å². The average Bonchev–Trinajstić information content (AvgIpc) is 3.11. The van der Waals surface area contributed by atoms with Crippen molar-refractivity contribution in [2.24, 2.45) is 0 Å². The van der Waals surface area contributed by atoms with Crippen molar-refractivity contribution in [1.29, 1.82) is 0 Å². The Labute approximate surface area is 183 Å². The zero-order valence-corrected chi connectivity index (χ0v) is 18.0. The van der Waals surface area contributed by atoms with Crippen molar-refractivity contribution in [3.8, 4) is 16.3 Å². The number of benzene rings is 3. The highest BCUT2D eigenvalue weighted by Crippen LogP contribution is 2.36. The number of aromatic hydroxyl groups is 1. The van der Waals surface area contributed by atoms with Crippen LogP contribution in [0.25, 0.3) is 20.8 Å². The van der Waals surface area contributed by atoms with E-state index in [4.69, 9.17) is 12.2 Å². The van der Waals surface area contributed by atoms with Crippen LogP contribution < -0.4 is 10.6 Å². The molecule has 4 aromatic rings. The van der Waals surface area contributed by atoms with Crippen LogP contribution in [0.2, 0.25) is 0 Å². The minimum Gasteiger partial charge on any atom is -0.507 e. The van der Waals surface area contributed by atoms with Gasteiger partial charge in [-0.15, -0.1) is 11.3 Å². The Hall–Kier alpha value is -3.29. The van der Waals surface area contributed by atoms with E-state index in [-0.39, 0.29) is 16.8 Å². The molecule has 30 heavy (non-hydrogen) atoms. The predicted octanol–water partition coefficient (Wildman–Crippen LogP) is 5.41. The molecule has 1 heterocycles. The number of phenolic OH excluding ortho intramolecular Hbond substituents is 1. The number of nitrogens with one attached hydrogen (secondary N) is 2. The predicted molar refractivity (Wildman–Crippen MR) is 126 cm³/mol. The summed E-state index contributed by atoms with van der Waals surface area (Å²) in [5, 5.41) is 17.0. The Balaban J connectivity index is 1.47. The van der Waals surface area contributed by atoms with E-state index in [0.717, 1.165) is 26.4 Å². The molecule has 1 amide bonds. The van der Waals surface area contributed by atoms with Gasteiger partial charge in [-0.05, 0) is 62.0 Å². The van der Waals surface area contributed by atoms with E-state index in [1.807, 2.05) is 50.2 Å². The summed E-state index contributed by atoms with van der Waals surface area (Å²) in [4.78, 5) is 17.1. The van der Waals surface area contributed by atoms with Crippen LogP contribution in [0.4, 0.5) is 5.69 Å². The number of amides is 1. The van der Waals surface area contributed by atoms with Crippen molar-refractivity contribution in [3.05, 3.63) is 77.4 Å². The van der Waals surface area contributed by atoms with Gasteiger partial charge in [0.25, 0.3) is 5.91 Å². The third kappa shape index (κ3) is 4.17. The van der Waals surface area contributed by atoms with Gasteiger partial charge < -0.3 is 10.4 Å². The van der Waals surface area contributed by atoms with Gasteiger partial charge in [0.2, 0.25) is 0 Å². The van der Waals surface area contributed by atoms with Crippen molar-refractivity contribution in [2.75, 3.05) is 5.32 Å². The first kappa shape index (κ1) is 20.0. The van der Waals surface area contributed by atoms with Crippen LogP contribution in [-0.4, -0.2) is 21.1 Å². The standard InChI is InChI=1S/C23H19N3O2S2/c1-13-7-9-16(14(2)11-13)21(28)26-23(29)24-15-8-10-17(19(27)12-15)22-25-18-5-3-4-6-20(18)30-22/h3-12,27H,1-2H3,(H2,24,26,28,29). The highest BCUT2D eigenvalue weighted by atomic mass is 32.1. The summed E-state index contributed by atoms with van der Waals surface area (Å²) in [6.45, 7) is 3.86. The Morgan fingerprint density at radius 2 is 1.87 bits per heavy atom. The first-order chi connectivity index (χ1) is 14.4. The molecule has 0 saturated heterocycles. The summed E-state index contributed by atoms with van der Waals surface area (Å²) in [6, 6.07) is 18.6. The van der Waals surface area contributed by atoms with Crippen LogP contribution in [0.5, 0.6) is 5.75 Å². The van der Waals surface area contributed by atoms with E-state index < -0.39 is 0 Å². The highest BCUT2D eigenvalue weighted by molar-refractivity contribution is 7.80. The van der Waals surface area contributed by atoms with Gasteiger partial charge in [0.1, 0.15) is 10.8 Å². The number of thiocarbonyl (C=S) groups is 1. The number of carbonyl (C=O) groups excluding carboxylic acids is 1. The smallest absolute Gasteiger partial charge is 0.257 e. The Bertz CT molecular complexity index is 1250. The molecule has 0 unspecified atom stereocenters. The average molecular weight is 434 g/mol. The van der Waals surface area contributed by atoms with E-state index in [1.54, 1.807) is 24.3 Å². The molecule has 5 nitrogen and oxygen atoms in total. The molecular formula is C23H19N3O2S2. The lowest BCUT2D eigenvalue weighted by molar-refractivity contribution is 0.0977. The van der Waals surface area contributed by atoms with Gasteiger partial charge in [-0.2, -0.15) is 0 Å². The number of rotatable bonds is 3. The maximum atomic E-state index is 12.5. The number of hydrogen-bond acceptors (Lipinski definition) is 5. The van der Waals surface area contributed by atoms with Crippen molar-refractivity contribution in [1.82, 2.24) is 10.3 Å². The highest BCUT2D eigenvalue weighted by Gasteiger charge is 2.13. The van der Waals surface area contributed by atoms with Crippen LogP contribution in [0, 0.1) is 13.8 Å². The molecular weight excluding hydrogens is 414 g/mol. The minimum absolute atomic E-state index is 0.0857. The fraction of sp³-hybridized carbons (Fsp3) is 0.0870. The van der Waals surface area contributed by atoms with Gasteiger partial charge in [0, 0.05) is 17.3 Å². The Morgan fingerprint density at radius 1 is 1.07 bits per heavy atom. The molecule has 4 rings (SSSR count). The number of nitrogens with zero attached hydrogens (tertiary/aromatic N) is 1. The lowest BCUT2D eigenvalue weighted by Gasteiger charge is -2.12. The zero-order valence-electron chi connectivity index (χ0n) is 16.4. The molecule has 0 bridgehead atoms. The fourth-order valence-corrected chi connectivity index (χ4v) is 4.39. The quantitative estimate of drug-likeness (QED) is 0.377. The van der Waals surface area contributed by atoms with Gasteiger partial charge in [0.05, 0.1) is 15.8 Å². The van der Waals surface area contributed by atoms with E-state index in [9.17, 15) is 9.90 Å². The number of fused-ring (bicyclic) bond motifs is 1. The molecule has 3 aromatic carbocycles. The lowest BCUT2D eigenvalue weighted by atomic mass is 10.1. The molecule has 0 atom stereocenters. The lowest BCUT2D eigenvalue weighted by Crippen LogP contribution is -2.34. The number of hydrogen-bond donors (Lipinski definition) is 3. The van der Waals surface area contributed by atoms with Gasteiger partial charge >= 0.3 is 0 Å². The van der Waals surface area contributed by atoms with Gasteiger partial charge in [-0.25, -0.2) is 4.98 Å². The Morgan fingerprint density at radius 3 is 2.60 bits per heavy atom. The second-order valence-corrected chi connectivity index (χ2v) is 8.38. The third-order valence-corrected chi connectivity index (χ3v) is 5.91. The monoisotopic (exact) mass is 433 g/mol. The van der Waals surface area contributed by atoms with Crippen LogP contribution in [0.1, 0.15) is 21.5 Å². The molecule has 7 heteroatoms. The Kier molecular flexibility index (Phi) is 5.48. The van der Waals surface area contributed by atoms with Gasteiger partial charge in [-0.1, -0.05) is 29.8 Å². The minimum atomic E-state index is -0.277. The van der Waals surface area contributed by atoms with Crippen molar-refractivity contribution < 1.29 is 9.90 Å². The van der Waals surface area contributed by atoms with Gasteiger partial charge in [-0.3, -0.25) is 10.1 Å². The first-order valence-corrected chi connectivity index (χ1v) is 10.5. The summed E-state index contributed by atoms with van der Waals surface area (Å²) in [5.74, 6) is -0.192. The van der Waals surface area contributed by atoms with Gasteiger partial charge in [0.15, 0.2) is 5.11 Å². The molecule has 0 radical (unpaired) electrons. The second kappa shape index (κ2) is 8.22. The van der Waals surface area contributed by atoms with Crippen LogP contribution in [-0.2, 0) is 0 Å². The van der Waals surface area contributed by atoms with E-state index in [1.165, 1.54) is 11.3 Å². The molecule has 1 aromatic heterocycles. The summed E-state index contributed by atoms with van der Waals surface area (Å²) < 4.78 is 1.06. The first-order valence-electron chi connectivity index (χ1n) is 9.29. The molecule has 0 aliphatic heterocycles. The summed E-state index contributed by atoms with van der Waals surface area (Å²) in [6.07, 6.45) is 0. The zero-order chi connectivity index (χ0) is 21.3. The van der Waals surface area contributed by atoms with Crippen molar-refractivity contribution in [2.45, 2.75) is 13.8 Å². The summed E-state index contributed by atoms with van der Waals surface area (Å²) >= 11 is 6.78. The number of para-hydroxylation sites is 1. The normalized spacial score (nSPS) is 10.7.